The summed E-state index contributed by atoms with van der Waals surface area (Å²) in [5.74, 6) is -0.426. The third kappa shape index (κ3) is 6.17. The number of rotatable bonds is 10. The molecule has 0 N–H and O–H groups in total. The lowest BCUT2D eigenvalue weighted by molar-refractivity contribution is 0.0727. The van der Waals surface area contributed by atoms with Crippen LogP contribution >= 0.6 is 0 Å². The Hall–Kier alpha value is -2.36. The van der Waals surface area contributed by atoms with Crippen molar-refractivity contribution in [3.8, 4) is 11.5 Å². The summed E-state index contributed by atoms with van der Waals surface area (Å²) < 4.78 is 24.9. The van der Waals surface area contributed by atoms with Crippen molar-refractivity contribution in [2.45, 2.75) is 52.4 Å². The summed E-state index contributed by atoms with van der Waals surface area (Å²) in [4.78, 5) is 12.2. The van der Waals surface area contributed by atoms with Crippen molar-refractivity contribution in [3.05, 3.63) is 59.4 Å². The van der Waals surface area contributed by atoms with Crippen molar-refractivity contribution >= 4 is 5.97 Å². The quantitative estimate of drug-likeness (QED) is 0.299. The van der Waals surface area contributed by atoms with Crippen LogP contribution in [0.25, 0.3) is 0 Å². The zero-order chi connectivity index (χ0) is 18.8. The van der Waals surface area contributed by atoms with Gasteiger partial charge in [-0.3, -0.25) is 0 Å². The number of benzene rings is 2. The molecule has 2 aromatic carbocycles. The van der Waals surface area contributed by atoms with Crippen molar-refractivity contribution in [1.82, 2.24) is 0 Å². The monoisotopic (exact) mass is 358 g/mol. The van der Waals surface area contributed by atoms with Crippen molar-refractivity contribution in [1.29, 1.82) is 0 Å². The predicted octanol–water partition coefficient (Wildman–Crippen LogP) is 5.96. The van der Waals surface area contributed by atoms with Gasteiger partial charge in [-0.2, -0.15) is 0 Å². The van der Waals surface area contributed by atoms with Crippen LogP contribution in [0.1, 0.15) is 61.9 Å². The Bertz CT molecular complexity index is 695. The van der Waals surface area contributed by atoms with Crippen LogP contribution in [-0.4, -0.2) is 12.6 Å². The number of esters is 1. The molecule has 0 unspecified atom stereocenters. The zero-order valence-electron chi connectivity index (χ0n) is 15.6. The van der Waals surface area contributed by atoms with Gasteiger partial charge in [0.05, 0.1) is 12.2 Å². The van der Waals surface area contributed by atoms with Gasteiger partial charge in [-0.25, -0.2) is 9.18 Å². The minimum Gasteiger partial charge on any atom is -0.494 e. The number of carbonyl (C=O) groups excluding carboxylic acids is 1. The highest BCUT2D eigenvalue weighted by atomic mass is 19.1. The highest BCUT2D eigenvalue weighted by Crippen LogP contribution is 2.21. The number of unbranched alkanes of at least 4 members (excludes halogenated alkanes) is 3. The predicted molar refractivity (Wildman–Crippen MR) is 101 cm³/mol. The van der Waals surface area contributed by atoms with Gasteiger partial charge in [-0.05, 0) is 61.2 Å². The molecule has 0 aliphatic heterocycles. The van der Waals surface area contributed by atoms with Crippen molar-refractivity contribution < 1.29 is 18.7 Å². The molecule has 0 radical (unpaired) electrons. The molecule has 2 aromatic rings. The number of aryl methyl sites for hydroxylation is 1. The van der Waals surface area contributed by atoms with Crippen LogP contribution < -0.4 is 9.47 Å². The number of ether oxygens (including phenoxy) is 2. The minimum absolute atomic E-state index is 0.0440. The Balaban J connectivity index is 1.94. The third-order valence-corrected chi connectivity index (χ3v) is 4.12. The molecule has 0 saturated heterocycles. The number of hydrogen-bond acceptors (Lipinski definition) is 3. The fraction of sp³-hybridized carbons (Fsp3) is 0.409. The average molecular weight is 358 g/mol. The summed E-state index contributed by atoms with van der Waals surface area (Å²) in [5.41, 5.74) is 1.28. The zero-order valence-corrected chi connectivity index (χ0v) is 15.6. The molecule has 26 heavy (non-hydrogen) atoms. The Morgan fingerprint density at radius 3 is 2.35 bits per heavy atom. The first-order valence-electron chi connectivity index (χ1n) is 9.37. The number of halogens is 1. The summed E-state index contributed by atoms with van der Waals surface area (Å²) in [5, 5.41) is 0. The Morgan fingerprint density at radius 1 is 0.962 bits per heavy atom. The Morgan fingerprint density at radius 2 is 1.69 bits per heavy atom. The van der Waals surface area contributed by atoms with E-state index in [1.165, 1.54) is 12.1 Å². The first-order chi connectivity index (χ1) is 12.6. The average Bonchev–Trinajstić information content (AvgIpc) is 2.65. The van der Waals surface area contributed by atoms with E-state index < -0.39 is 11.8 Å². The van der Waals surface area contributed by atoms with Crippen LogP contribution in [-0.2, 0) is 6.42 Å². The minimum atomic E-state index is -0.581. The summed E-state index contributed by atoms with van der Waals surface area (Å²) >= 11 is 0. The van der Waals surface area contributed by atoms with Gasteiger partial charge >= 0.3 is 5.97 Å². The molecular formula is C22H27FO3. The van der Waals surface area contributed by atoms with E-state index in [1.54, 1.807) is 24.3 Å². The first kappa shape index (κ1) is 20.0. The summed E-state index contributed by atoms with van der Waals surface area (Å²) in [6, 6.07) is 11.5. The molecule has 0 bridgehead atoms. The maximum absolute atomic E-state index is 14.2. The van der Waals surface area contributed by atoms with E-state index in [1.807, 2.05) is 6.07 Å². The van der Waals surface area contributed by atoms with Crippen LogP contribution in [0.3, 0.4) is 0 Å². The van der Waals surface area contributed by atoms with Crippen LogP contribution in [0, 0.1) is 5.82 Å². The van der Waals surface area contributed by atoms with Crippen molar-refractivity contribution in [3.63, 3.8) is 0 Å². The van der Waals surface area contributed by atoms with Crippen LogP contribution in [0.5, 0.6) is 11.5 Å². The molecule has 0 saturated carbocycles. The maximum atomic E-state index is 14.2. The van der Waals surface area contributed by atoms with E-state index in [4.69, 9.17) is 9.47 Å². The standard InChI is InChI=1S/C22H27FO3/c1-3-5-7-8-17-9-14-21(20(23)16-17)26-22(24)18-10-12-19(13-11-18)25-15-6-4-2/h9-14,16H,3-8,15H2,1-2H3. The maximum Gasteiger partial charge on any atom is 0.343 e. The van der Waals surface area contributed by atoms with Gasteiger partial charge in [-0.15, -0.1) is 0 Å². The van der Waals surface area contributed by atoms with E-state index in [0.717, 1.165) is 44.1 Å². The topological polar surface area (TPSA) is 35.5 Å². The van der Waals surface area contributed by atoms with Gasteiger partial charge in [-0.1, -0.05) is 39.2 Å². The van der Waals surface area contributed by atoms with Crippen LogP contribution in [0.4, 0.5) is 4.39 Å². The molecule has 0 fully saturated rings. The van der Waals surface area contributed by atoms with E-state index in [-0.39, 0.29) is 5.75 Å². The van der Waals surface area contributed by atoms with Crippen molar-refractivity contribution in [2.24, 2.45) is 0 Å². The first-order valence-corrected chi connectivity index (χ1v) is 9.37. The molecule has 4 heteroatoms. The molecule has 0 amide bonds. The fourth-order valence-corrected chi connectivity index (χ4v) is 2.54. The molecule has 140 valence electrons. The molecule has 0 atom stereocenters. The molecule has 0 heterocycles. The smallest absolute Gasteiger partial charge is 0.343 e. The number of carbonyl (C=O) groups is 1. The van der Waals surface area contributed by atoms with E-state index in [2.05, 4.69) is 13.8 Å². The van der Waals surface area contributed by atoms with E-state index >= 15 is 0 Å². The summed E-state index contributed by atoms with van der Waals surface area (Å²) in [6.07, 6.45) is 6.15. The van der Waals surface area contributed by atoms with Gasteiger partial charge in [0.1, 0.15) is 5.75 Å². The Labute approximate surface area is 155 Å². The summed E-state index contributed by atoms with van der Waals surface area (Å²) in [7, 11) is 0. The molecule has 3 nitrogen and oxygen atoms in total. The van der Waals surface area contributed by atoms with Gasteiger partial charge in [0, 0.05) is 0 Å². The highest BCUT2D eigenvalue weighted by Gasteiger charge is 2.12. The largest absolute Gasteiger partial charge is 0.494 e. The molecule has 0 aliphatic rings. The number of hydrogen-bond donors (Lipinski definition) is 0. The second-order valence-electron chi connectivity index (χ2n) is 6.34. The SMILES string of the molecule is CCCCCc1ccc(OC(=O)c2ccc(OCCCC)cc2)c(F)c1. The van der Waals surface area contributed by atoms with E-state index in [0.29, 0.717) is 17.9 Å². The lowest BCUT2D eigenvalue weighted by Gasteiger charge is -2.09. The second kappa shape index (κ2) is 10.6. The van der Waals surface area contributed by atoms with Gasteiger partial charge in [0.2, 0.25) is 0 Å². The second-order valence-corrected chi connectivity index (χ2v) is 6.34. The molecule has 0 aliphatic carbocycles. The van der Waals surface area contributed by atoms with E-state index in [9.17, 15) is 9.18 Å². The Kier molecular flexibility index (Phi) is 8.13. The molecular weight excluding hydrogens is 331 g/mol. The third-order valence-electron chi connectivity index (χ3n) is 4.12. The normalized spacial score (nSPS) is 10.6. The molecule has 0 spiro atoms. The highest BCUT2D eigenvalue weighted by molar-refractivity contribution is 5.91. The summed E-state index contributed by atoms with van der Waals surface area (Å²) in [6.45, 7) is 4.88. The van der Waals surface area contributed by atoms with Crippen molar-refractivity contribution in [2.75, 3.05) is 6.61 Å². The lowest BCUT2D eigenvalue weighted by atomic mass is 10.1. The molecule has 2 rings (SSSR count). The molecule has 0 aromatic heterocycles. The van der Waals surface area contributed by atoms with Gasteiger partial charge in [0.25, 0.3) is 0 Å². The van der Waals surface area contributed by atoms with Gasteiger partial charge in [0.15, 0.2) is 11.6 Å². The van der Waals surface area contributed by atoms with Crippen LogP contribution in [0.2, 0.25) is 0 Å². The fourth-order valence-electron chi connectivity index (χ4n) is 2.54. The van der Waals surface area contributed by atoms with Gasteiger partial charge < -0.3 is 9.47 Å². The van der Waals surface area contributed by atoms with Crippen LogP contribution in [0.15, 0.2) is 42.5 Å². The lowest BCUT2D eigenvalue weighted by Crippen LogP contribution is -2.09.